The van der Waals surface area contributed by atoms with Crippen LogP contribution in [-0.2, 0) is 6.54 Å². The molecule has 0 N–H and O–H groups in total. The summed E-state index contributed by atoms with van der Waals surface area (Å²) >= 11 is 1.69. The van der Waals surface area contributed by atoms with Gasteiger partial charge in [-0.15, -0.1) is 11.3 Å². The summed E-state index contributed by atoms with van der Waals surface area (Å²) in [6.45, 7) is 4.63. The Bertz CT molecular complexity index is 521. The van der Waals surface area contributed by atoms with Crippen LogP contribution in [0.25, 0.3) is 0 Å². The highest BCUT2D eigenvalue weighted by Crippen LogP contribution is 2.21. The summed E-state index contributed by atoms with van der Waals surface area (Å²) in [5.41, 5.74) is 2.59. The van der Waals surface area contributed by atoms with Gasteiger partial charge in [0.15, 0.2) is 0 Å². The predicted octanol–water partition coefficient (Wildman–Crippen LogP) is 2.60. The average Bonchev–Trinajstić information content (AvgIpc) is 2.93. The molecule has 0 atom stereocenters. The number of thiazole rings is 1. The van der Waals surface area contributed by atoms with Crippen molar-refractivity contribution in [1.29, 1.82) is 0 Å². The molecule has 1 aliphatic heterocycles. The van der Waals surface area contributed by atoms with Gasteiger partial charge in [-0.25, -0.2) is 4.39 Å². The zero-order valence-corrected chi connectivity index (χ0v) is 11.4. The van der Waals surface area contributed by atoms with E-state index < -0.39 is 0 Å². The number of hydrogen-bond donors (Lipinski definition) is 0. The van der Waals surface area contributed by atoms with E-state index >= 15 is 0 Å². The van der Waals surface area contributed by atoms with Crippen LogP contribution in [-0.4, -0.2) is 36.1 Å². The summed E-state index contributed by atoms with van der Waals surface area (Å²) in [6.07, 6.45) is 1.92. The Morgan fingerprint density at radius 1 is 1.16 bits per heavy atom. The molecule has 0 spiro atoms. The Hall–Kier alpha value is -1.46. The molecule has 1 aromatic heterocycles. The maximum atomic E-state index is 13.7. The van der Waals surface area contributed by atoms with E-state index in [1.807, 2.05) is 23.8 Å². The Balaban J connectivity index is 1.59. The normalized spacial score (nSPS) is 16.8. The monoisotopic (exact) mass is 277 g/mol. The summed E-state index contributed by atoms with van der Waals surface area (Å²) in [6, 6.07) is 7.01. The van der Waals surface area contributed by atoms with Crippen LogP contribution in [0.3, 0.4) is 0 Å². The lowest BCUT2D eigenvalue weighted by molar-refractivity contribution is 0.251. The SMILES string of the molecule is Fc1ccccc1N1CCN(Cc2cncs2)CC1. The number of para-hydroxylation sites is 1. The molecule has 0 radical (unpaired) electrons. The first-order valence-electron chi connectivity index (χ1n) is 6.42. The zero-order chi connectivity index (χ0) is 13.1. The highest BCUT2D eigenvalue weighted by molar-refractivity contribution is 7.09. The van der Waals surface area contributed by atoms with Gasteiger partial charge in [0.25, 0.3) is 0 Å². The van der Waals surface area contributed by atoms with Crippen molar-refractivity contribution in [3.63, 3.8) is 0 Å². The van der Waals surface area contributed by atoms with Crippen LogP contribution in [0.5, 0.6) is 0 Å². The Morgan fingerprint density at radius 3 is 2.63 bits per heavy atom. The molecule has 0 bridgehead atoms. The fraction of sp³-hybridized carbons (Fsp3) is 0.357. The van der Waals surface area contributed by atoms with E-state index in [-0.39, 0.29) is 5.82 Å². The van der Waals surface area contributed by atoms with Gasteiger partial charge in [-0.2, -0.15) is 0 Å². The molecule has 2 heterocycles. The lowest BCUT2D eigenvalue weighted by Gasteiger charge is -2.35. The number of halogens is 1. The quantitative estimate of drug-likeness (QED) is 0.859. The topological polar surface area (TPSA) is 19.4 Å². The largest absolute Gasteiger partial charge is 0.367 e. The molecule has 5 heteroatoms. The minimum atomic E-state index is -0.126. The van der Waals surface area contributed by atoms with Crippen molar-refractivity contribution in [2.24, 2.45) is 0 Å². The third-order valence-corrected chi connectivity index (χ3v) is 4.19. The number of rotatable bonds is 3. The van der Waals surface area contributed by atoms with E-state index in [1.165, 1.54) is 10.9 Å². The van der Waals surface area contributed by atoms with E-state index in [1.54, 1.807) is 17.4 Å². The summed E-state index contributed by atoms with van der Waals surface area (Å²) < 4.78 is 13.7. The highest BCUT2D eigenvalue weighted by atomic mass is 32.1. The maximum absolute atomic E-state index is 13.7. The summed E-state index contributed by atoms with van der Waals surface area (Å²) in [7, 11) is 0. The molecule has 1 fully saturated rings. The number of anilines is 1. The molecule has 0 saturated carbocycles. The molecule has 0 amide bonds. The van der Waals surface area contributed by atoms with E-state index in [0.29, 0.717) is 0 Å². The molecular weight excluding hydrogens is 261 g/mol. The van der Waals surface area contributed by atoms with E-state index in [0.717, 1.165) is 38.4 Å². The number of benzene rings is 1. The second-order valence-electron chi connectivity index (χ2n) is 4.68. The Labute approximate surface area is 116 Å². The Kier molecular flexibility index (Phi) is 3.75. The minimum Gasteiger partial charge on any atom is -0.367 e. The van der Waals surface area contributed by atoms with Crippen molar-refractivity contribution in [3.05, 3.63) is 46.7 Å². The fourth-order valence-electron chi connectivity index (χ4n) is 2.40. The van der Waals surface area contributed by atoms with Gasteiger partial charge in [0, 0.05) is 43.8 Å². The number of aromatic nitrogens is 1. The molecule has 1 saturated heterocycles. The van der Waals surface area contributed by atoms with Crippen molar-refractivity contribution >= 4 is 17.0 Å². The lowest BCUT2D eigenvalue weighted by Crippen LogP contribution is -2.46. The number of nitrogens with zero attached hydrogens (tertiary/aromatic N) is 3. The number of piperazine rings is 1. The average molecular weight is 277 g/mol. The van der Waals surface area contributed by atoms with E-state index in [9.17, 15) is 4.39 Å². The van der Waals surface area contributed by atoms with Crippen LogP contribution < -0.4 is 4.90 Å². The fourth-order valence-corrected chi connectivity index (χ4v) is 3.03. The third-order valence-electron chi connectivity index (χ3n) is 3.43. The van der Waals surface area contributed by atoms with Crippen molar-refractivity contribution in [2.75, 3.05) is 31.1 Å². The molecule has 19 heavy (non-hydrogen) atoms. The van der Waals surface area contributed by atoms with Crippen LogP contribution in [0.15, 0.2) is 36.0 Å². The van der Waals surface area contributed by atoms with Gasteiger partial charge in [0.05, 0.1) is 11.2 Å². The van der Waals surface area contributed by atoms with Crippen molar-refractivity contribution < 1.29 is 4.39 Å². The first-order chi connectivity index (χ1) is 9.33. The standard InChI is InChI=1S/C14H16FN3S/c15-13-3-1-2-4-14(13)18-7-5-17(6-8-18)10-12-9-16-11-19-12/h1-4,9,11H,5-8,10H2. The molecule has 100 valence electrons. The molecule has 0 aliphatic carbocycles. The van der Waals surface area contributed by atoms with Crippen molar-refractivity contribution in [2.45, 2.75) is 6.54 Å². The maximum Gasteiger partial charge on any atom is 0.146 e. The van der Waals surface area contributed by atoms with Crippen LogP contribution >= 0.6 is 11.3 Å². The van der Waals surface area contributed by atoms with Gasteiger partial charge < -0.3 is 4.90 Å². The first-order valence-corrected chi connectivity index (χ1v) is 7.30. The van der Waals surface area contributed by atoms with Gasteiger partial charge in [-0.05, 0) is 12.1 Å². The second-order valence-corrected chi connectivity index (χ2v) is 5.65. The Morgan fingerprint density at radius 2 is 1.95 bits per heavy atom. The highest BCUT2D eigenvalue weighted by Gasteiger charge is 2.19. The van der Waals surface area contributed by atoms with Crippen molar-refractivity contribution in [3.8, 4) is 0 Å². The minimum absolute atomic E-state index is 0.126. The first kappa shape index (κ1) is 12.6. The van der Waals surface area contributed by atoms with Crippen molar-refractivity contribution in [1.82, 2.24) is 9.88 Å². The zero-order valence-electron chi connectivity index (χ0n) is 10.6. The van der Waals surface area contributed by atoms with Gasteiger partial charge in [-0.1, -0.05) is 12.1 Å². The molecule has 2 aromatic rings. The van der Waals surface area contributed by atoms with Gasteiger partial charge >= 0.3 is 0 Å². The van der Waals surface area contributed by atoms with Gasteiger partial charge in [0.2, 0.25) is 0 Å². The van der Waals surface area contributed by atoms with Crippen LogP contribution in [0.1, 0.15) is 4.88 Å². The van der Waals surface area contributed by atoms with Crippen LogP contribution in [0, 0.1) is 5.82 Å². The molecule has 3 rings (SSSR count). The molecule has 0 unspecified atom stereocenters. The van der Waals surface area contributed by atoms with Gasteiger partial charge in [-0.3, -0.25) is 9.88 Å². The van der Waals surface area contributed by atoms with Gasteiger partial charge in [0.1, 0.15) is 5.82 Å². The summed E-state index contributed by atoms with van der Waals surface area (Å²) in [5, 5.41) is 0. The molecule has 3 nitrogen and oxygen atoms in total. The lowest BCUT2D eigenvalue weighted by atomic mass is 10.2. The summed E-state index contributed by atoms with van der Waals surface area (Å²) in [5.74, 6) is -0.126. The smallest absolute Gasteiger partial charge is 0.146 e. The predicted molar refractivity (Wildman–Crippen MR) is 76.0 cm³/mol. The third kappa shape index (κ3) is 2.93. The second kappa shape index (κ2) is 5.67. The molecule has 1 aliphatic rings. The van der Waals surface area contributed by atoms with E-state index in [4.69, 9.17) is 0 Å². The number of hydrogen-bond acceptors (Lipinski definition) is 4. The molecule has 1 aromatic carbocycles. The van der Waals surface area contributed by atoms with Crippen LogP contribution in [0.4, 0.5) is 10.1 Å². The summed E-state index contributed by atoms with van der Waals surface area (Å²) in [4.78, 5) is 9.90. The molecular formula is C14H16FN3S. The van der Waals surface area contributed by atoms with E-state index in [2.05, 4.69) is 14.8 Å². The van der Waals surface area contributed by atoms with Crippen LogP contribution in [0.2, 0.25) is 0 Å².